The zero-order valence-corrected chi connectivity index (χ0v) is 20.0. The molecule has 8 heteroatoms. The summed E-state index contributed by atoms with van der Waals surface area (Å²) in [6.07, 6.45) is 0. The fraction of sp³-hybridized carbons (Fsp3) is 0.179. The molecule has 0 saturated carbocycles. The van der Waals surface area contributed by atoms with E-state index >= 15 is 0 Å². The third-order valence-corrected chi connectivity index (χ3v) is 5.73. The third-order valence-electron chi connectivity index (χ3n) is 5.73. The van der Waals surface area contributed by atoms with Crippen molar-refractivity contribution in [2.75, 3.05) is 11.9 Å². The molecule has 5 rings (SSSR count). The summed E-state index contributed by atoms with van der Waals surface area (Å²) in [6.45, 7) is 5.24. The molecule has 3 aromatic carbocycles. The first-order valence-electron chi connectivity index (χ1n) is 11.8. The van der Waals surface area contributed by atoms with E-state index in [0.29, 0.717) is 42.0 Å². The molecule has 0 amide bonds. The summed E-state index contributed by atoms with van der Waals surface area (Å²) in [7, 11) is 0. The summed E-state index contributed by atoms with van der Waals surface area (Å²) in [5, 5.41) is 11.5. The maximum absolute atomic E-state index is 13.2. The number of benzene rings is 3. The smallest absolute Gasteiger partial charge is 0.345 e. The number of nitrogens with zero attached hydrogens (tertiary/aromatic N) is 2. The van der Waals surface area contributed by atoms with Gasteiger partial charge in [0.05, 0.1) is 23.5 Å². The van der Waals surface area contributed by atoms with Gasteiger partial charge in [-0.05, 0) is 53.9 Å². The Labute approximate surface area is 207 Å². The van der Waals surface area contributed by atoms with Gasteiger partial charge in [-0.2, -0.15) is 10.1 Å². The van der Waals surface area contributed by atoms with Gasteiger partial charge < -0.3 is 15.0 Å². The van der Waals surface area contributed by atoms with Crippen LogP contribution in [0, 0.1) is 11.7 Å². The summed E-state index contributed by atoms with van der Waals surface area (Å²) in [4.78, 5) is 19.6. The third kappa shape index (κ3) is 5.12. The van der Waals surface area contributed by atoms with E-state index < -0.39 is 5.69 Å². The van der Waals surface area contributed by atoms with Gasteiger partial charge in [-0.15, -0.1) is 0 Å². The first kappa shape index (κ1) is 23.3. The highest BCUT2D eigenvalue weighted by Gasteiger charge is 2.13. The van der Waals surface area contributed by atoms with Crippen LogP contribution in [0.4, 0.5) is 10.2 Å². The van der Waals surface area contributed by atoms with Crippen LogP contribution in [0.5, 0.6) is 5.75 Å². The summed E-state index contributed by atoms with van der Waals surface area (Å²) in [6, 6.07) is 21.6. The highest BCUT2D eigenvalue weighted by atomic mass is 19.1. The number of ether oxygens (including phenoxy) is 1. The van der Waals surface area contributed by atoms with Gasteiger partial charge in [0, 0.05) is 23.1 Å². The average molecular weight is 484 g/mol. The molecule has 0 aliphatic carbocycles. The van der Waals surface area contributed by atoms with Crippen LogP contribution in [0.15, 0.2) is 77.6 Å². The van der Waals surface area contributed by atoms with Crippen LogP contribution >= 0.6 is 0 Å². The number of anilines is 1. The predicted octanol–water partition coefficient (Wildman–Crippen LogP) is 5.77. The highest BCUT2D eigenvalue weighted by Crippen LogP contribution is 2.31. The Hall–Kier alpha value is -4.46. The molecule has 7 nitrogen and oxygen atoms in total. The van der Waals surface area contributed by atoms with Crippen molar-refractivity contribution in [3.63, 3.8) is 0 Å². The Balaban J connectivity index is 1.47. The molecule has 0 bridgehead atoms. The minimum Gasteiger partial charge on any atom is -0.493 e. The van der Waals surface area contributed by atoms with E-state index in [2.05, 4.69) is 39.3 Å². The zero-order valence-electron chi connectivity index (χ0n) is 20.0. The quantitative estimate of drug-likeness (QED) is 0.261. The molecule has 182 valence electrons. The van der Waals surface area contributed by atoms with E-state index in [0.717, 1.165) is 27.6 Å². The largest absolute Gasteiger partial charge is 0.493 e. The highest BCUT2D eigenvalue weighted by molar-refractivity contribution is 5.93. The molecule has 0 aliphatic rings. The van der Waals surface area contributed by atoms with Crippen molar-refractivity contribution in [1.29, 1.82) is 0 Å². The lowest BCUT2D eigenvalue weighted by atomic mass is 10.1. The first-order valence-corrected chi connectivity index (χ1v) is 11.8. The molecule has 3 N–H and O–H groups in total. The lowest BCUT2D eigenvalue weighted by Crippen LogP contribution is -2.12. The van der Waals surface area contributed by atoms with Crippen molar-refractivity contribution in [1.82, 2.24) is 20.2 Å². The van der Waals surface area contributed by atoms with E-state index in [9.17, 15) is 9.18 Å². The summed E-state index contributed by atoms with van der Waals surface area (Å²) in [5.74, 6) is 1.47. The number of halogens is 1. The molecule has 0 aliphatic heterocycles. The number of H-pyrrole nitrogens is 2. The Morgan fingerprint density at radius 2 is 1.83 bits per heavy atom. The Morgan fingerprint density at radius 1 is 1.03 bits per heavy atom. The second kappa shape index (κ2) is 10.0. The molecule has 0 radical (unpaired) electrons. The van der Waals surface area contributed by atoms with E-state index in [1.165, 1.54) is 12.1 Å². The Bertz CT molecular complexity index is 1560. The lowest BCUT2D eigenvalue weighted by molar-refractivity contribution is 0.272. The van der Waals surface area contributed by atoms with E-state index in [-0.39, 0.29) is 5.82 Å². The minimum absolute atomic E-state index is 0.271. The molecular formula is C28H26FN5O2. The van der Waals surface area contributed by atoms with Gasteiger partial charge in [0.15, 0.2) is 5.82 Å². The monoisotopic (exact) mass is 483 g/mol. The van der Waals surface area contributed by atoms with Gasteiger partial charge in [-0.25, -0.2) is 9.18 Å². The number of hydrogen-bond donors (Lipinski definition) is 3. The predicted molar refractivity (Wildman–Crippen MR) is 139 cm³/mol. The van der Waals surface area contributed by atoms with Gasteiger partial charge in [0.1, 0.15) is 11.6 Å². The maximum Gasteiger partial charge on any atom is 0.345 e. The van der Waals surface area contributed by atoms with E-state index in [1.54, 1.807) is 12.1 Å². The first-order chi connectivity index (χ1) is 17.5. The SMILES string of the molecule is CC(C)COc1ccccc1-c1cc(-c2ccc3[nH]nc(NCc4ccc(F)cc4)c3c2)nc(=O)[nH]1. The number of fused-ring (bicyclic) bond motifs is 1. The van der Waals surface area contributed by atoms with Crippen molar-refractivity contribution in [3.05, 3.63) is 94.7 Å². The zero-order chi connectivity index (χ0) is 25.1. The molecule has 2 heterocycles. The van der Waals surface area contributed by atoms with Crippen LogP contribution in [0.25, 0.3) is 33.4 Å². The minimum atomic E-state index is -0.442. The molecular weight excluding hydrogens is 457 g/mol. The van der Waals surface area contributed by atoms with Crippen LogP contribution in [-0.4, -0.2) is 26.8 Å². The van der Waals surface area contributed by atoms with Crippen LogP contribution in [-0.2, 0) is 6.54 Å². The van der Waals surface area contributed by atoms with Crippen molar-refractivity contribution in [2.24, 2.45) is 5.92 Å². The number of para-hydroxylation sites is 1. The fourth-order valence-electron chi connectivity index (χ4n) is 3.92. The molecule has 5 aromatic rings. The van der Waals surface area contributed by atoms with Crippen molar-refractivity contribution in [3.8, 4) is 28.3 Å². The van der Waals surface area contributed by atoms with Gasteiger partial charge in [0.2, 0.25) is 0 Å². The molecule has 0 saturated heterocycles. The summed E-state index contributed by atoms with van der Waals surface area (Å²) in [5.41, 5.74) is 4.09. The van der Waals surface area contributed by atoms with Crippen molar-refractivity contribution < 1.29 is 9.13 Å². The molecule has 0 spiro atoms. The van der Waals surface area contributed by atoms with Gasteiger partial charge in [-0.1, -0.05) is 44.2 Å². The van der Waals surface area contributed by atoms with E-state index in [1.807, 2.05) is 48.5 Å². The van der Waals surface area contributed by atoms with Gasteiger partial charge in [0.25, 0.3) is 0 Å². The molecule has 2 aromatic heterocycles. The Morgan fingerprint density at radius 3 is 2.64 bits per heavy atom. The van der Waals surface area contributed by atoms with Crippen molar-refractivity contribution in [2.45, 2.75) is 20.4 Å². The lowest BCUT2D eigenvalue weighted by Gasteiger charge is -2.13. The average Bonchev–Trinajstić information content (AvgIpc) is 3.29. The molecule has 36 heavy (non-hydrogen) atoms. The van der Waals surface area contributed by atoms with Crippen LogP contribution < -0.4 is 15.7 Å². The standard InChI is InChI=1S/C28H26FN5O2/c1-17(2)16-36-26-6-4-3-5-21(26)25-14-24(31-28(35)32-25)19-9-12-23-22(13-19)27(34-33-23)30-15-18-7-10-20(29)11-8-18/h3-14,17H,15-16H2,1-2H3,(H2,30,33,34)(H,31,32,35). The van der Waals surface area contributed by atoms with Crippen LogP contribution in [0.1, 0.15) is 19.4 Å². The maximum atomic E-state index is 13.2. The number of rotatable bonds is 8. The second-order valence-corrected chi connectivity index (χ2v) is 9.00. The van der Waals surface area contributed by atoms with Crippen LogP contribution in [0.3, 0.4) is 0 Å². The number of nitrogens with one attached hydrogen (secondary N) is 3. The Kier molecular flexibility index (Phi) is 6.49. The number of hydrogen-bond acceptors (Lipinski definition) is 5. The van der Waals surface area contributed by atoms with Gasteiger partial charge >= 0.3 is 5.69 Å². The molecule has 0 fully saturated rings. The summed E-state index contributed by atoms with van der Waals surface area (Å²) < 4.78 is 19.2. The summed E-state index contributed by atoms with van der Waals surface area (Å²) >= 11 is 0. The number of aromatic nitrogens is 4. The topological polar surface area (TPSA) is 95.7 Å². The molecule has 0 unspecified atom stereocenters. The normalized spacial score (nSPS) is 11.2. The van der Waals surface area contributed by atoms with Crippen molar-refractivity contribution >= 4 is 16.7 Å². The van der Waals surface area contributed by atoms with Gasteiger partial charge in [-0.3, -0.25) is 5.10 Å². The molecule has 0 atom stereocenters. The number of aromatic amines is 2. The van der Waals surface area contributed by atoms with E-state index in [4.69, 9.17) is 4.74 Å². The second-order valence-electron chi connectivity index (χ2n) is 9.00. The van der Waals surface area contributed by atoms with Crippen LogP contribution in [0.2, 0.25) is 0 Å². The fourth-order valence-corrected chi connectivity index (χ4v) is 3.92.